The summed E-state index contributed by atoms with van der Waals surface area (Å²) in [5, 5.41) is 18.3. The second-order valence-corrected chi connectivity index (χ2v) is 5.67. The van der Waals surface area contributed by atoms with E-state index < -0.39 is 17.7 Å². The smallest absolute Gasteiger partial charge is 0.417 e. The van der Waals surface area contributed by atoms with E-state index in [1.807, 2.05) is 0 Å². The molecule has 0 saturated heterocycles. The first-order valence-corrected chi connectivity index (χ1v) is 7.65. The van der Waals surface area contributed by atoms with Crippen molar-refractivity contribution in [3.05, 3.63) is 28.7 Å². The van der Waals surface area contributed by atoms with Crippen molar-refractivity contribution in [2.75, 3.05) is 0 Å². The lowest BCUT2D eigenvalue weighted by Crippen LogP contribution is -2.23. The van der Waals surface area contributed by atoms with Crippen molar-refractivity contribution in [2.24, 2.45) is 0 Å². The first-order valence-electron chi connectivity index (χ1n) is 7.27. The molecule has 0 bridgehead atoms. The molecule has 0 fully saturated rings. The molecular formula is C14H14ClF3N4O3. The SMILES string of the molecule is O=C(O)CCCCC(=O)NCc1nnc2c(Cl)cc(C(F)(F)F)cn12. The number of aliphatic carboxylic acids is 1. The molecule has 0 radical (unpaired) electrons. The van der Waals surface area contributed by atoms with Crippen molar-refractivity contribution < 1.29 is 27.9 Å². The number of carbonyl (C=O) groups excluding carboxylic acids is 1. The lowest BCUT2D eigenvalue weighted by molar-refractivity contribution is -0.138. The summed E-state index contributed by atoms with van der Waals surface area (Å²) in [6.45, 7) is -0.128. The van der Waals surface area contributed by atoms with E-state index in [0.29, 0.717) is 12.8 Å². The zero-order valence-electron chi connectivity index (χ0n) is 12.8. The highest BCUT2D eigenvalue weighted by Gasteiger charge is 2.32. The van der Waals surface area contributed by atoms with Crippen LogP contribution in [-0.2, 0) is 22.3 Å². The molecule has 0 aromatic carbocycles. The largest absolute Gasteiger partial charge is 0.481 e. The van der Waals surface area contributed by atoms with Crippen molar-refractivity contribution >= 4 is 29.1 Å². The molecule has 11 heteroatoms. The second kappa shape index (κ2) is 7.68. The lowest BCUT2D eigenvalue weighted by Gasteiger charge is -2.09. The lowest BCUT2D eigenvalue weighted by atomic mass is 10.2. The van der Waals surface area contributed by atoms with E-state index in [1.54, 1.807) is 0 Å². The van der Waals surface area contributed by atoms with Gasteiger partial charge < -0.3 is 10.4 Å². The molecule has 2 aromatic heterocycles. The van der Waals surface area contributed by atoms with Crippen LogP contribution in [0.25, 0.3) is 5.65 Å². The predicted molar refractivity (Wildman–Crippen MR) is 80.9 cm³/mol. The number of fused-ring (bicyclic) bond motifs is 1. The summed E-state index contributed by atoms with van der Waals surface area (Å²) in [5.74, 6) is -1.20. The van der Waals surface area contributed by atoms with Crippen LogP contribution in [0, 0.1) is 0 Å². The Balaban J connectivity index is 2.03. The number of halogens is 4. The number of amides is 1. The van der Waals surface area contributed by atoms with Gasteiger partial charge in [-0.3, -0.25) is 14.0 Å². The first-order chi connectivity index (χ1) is 11.7. The molecule has 136 valence electrons. The van der Waals surface area contributed by atoms with Crippen molar-refractivity contribution in [3.63, 3.8) is 0 Å². The van der Waals surface area contributed by atoms with Crippen LogP contribution in [0.3, 0.4) is 0 Å². The molecule has 2 heterocycles. The van der Waals surface area contributed by atoms with Crippen LogP contribution in [0.5, 0.6) is 0 Å². The van der Waals surface area contributed by atoms with Gasteiger partial charge in [-0.2, -0.15) is 13.2 Å². The number of aromatic nitrogens is 3. The Kier molecular flexibility index (Phi) is 5.83. The highest BCUT2D eigenvalue weighted by molar-refractivity contribution is 6.33. The molecule has 1 amide bonds. The fraction of sp³-hybridized carbons (Fsp3) is 0.429. The van der Waals surface area contributed by atoms with E-state index in [2.05, 4.69) is 15.5 Å². The maximum absolute atomic E-state index is 12.9. The molecule has 0 aliphatic heterocycles. The molecule has 25 heavy (non-hydrogen) atoms. The molecule has 0 spiro atoms. The molecule has 0 aliphatic carbocycles. The minimum atomic E-state index is -4.58. The number of hydrogen-bond acceptors (Lipinski definition) is 4. The molecule has 0 aliphatic rings. The summed E-state index contributed by atoms with van der Waals surface area (Å²) in [5.41, 5.74) is -0.897. The van der Waals surface area contributed by atoms with Gasteiger partial charge in [-0.15, -0.1) is 10.2 Å². The van der Waals surface area contributed by atoms with Gasteiger partial charge in [0.05, 0.1) is 17.1 Å². The Morgan fingerprint density at radius 1 is 1.24 bits per heavy atom. The molecule has 7 nitrogen and oxygen atoms in total. The van der Waals surface area contributed by atoms with E-state index in [-0.39, 0.29) is 41.8 Å². The maximum Gasteiger partial charge on any atom is 0.417 e. The number of unbranched alkanes of at least 4 members (excludes halogenated alkanes) is 1. The number of carbonyl (C=O) groups is 2. The van der Waals surface area contributed by atoms with Crippen molar-refractivity contribution in [2.45, 2.75) is 38.4 Å². The van der Waals surface area contributed by atoms with E-state index in [9.17, 15) is 22.8 Å². The first kappa shape index (κ1) is 19.0. The van der Waals surface area contributed by atoms with E-state index >= 15 is 0 Å². The quantitative estimate of drug-likeness (QED) is 0.722. The minimum Gasteiger partial charge on any atom is -0.481 e. The molecule has 2 rings (SSSR count). The van der Waals surface area contributed by atoms with Gasteiger partial charge in [0.15, 0.2) is 11.5 Å². The monoisotopic (exact) mass is 378 g/mol. The molecule has 0 unspecified atom stereocenters. The summed E-state index contributed by atoms with van der Waals surface area (Å²) in [6.07, 6.45) is -2.92. The number of nitrogens with one attached hydrogen (secondary N) is 1. The normalized spacial score (nSPS) is 11.7. The fourth-order valence-electron chi connectivity index (χ4n) is 2.10. The Morgan fingerprint density at radius 2 is 1.92 bits per heavy atom. The fourth-order valence-corrected chi connectivity index (χ4v) is 2.35. The molecule has 0 saturated carbocycles. The van der Waals surface area contributed by atoms with Crippen LogP contribution in [0.1, 0.15) is 37.1 Å². The van der Waals surface area contributed by atoms with Crippen LogP contribution in [0.4, 0.5) is 13.2 Å². The van der Waals surface area contributed by atoms with Gasteiger partial charge in [-0.1, -0.05) is 11.6 Å². The van der Waals surface area contributed by atoms with Gasteiger partial charge >= 0.3 is 12.1 Å². The van der Waals surface area contributed by atoms with E-state index in [0.717, 1.165) is 16.7 Å². The van der Waals surface area contributed by atoms with Crippen molar-refractivity contribution in [3.8, 4) is 0 Å². The minimum absolute atomic E-state index is 0.0270. The maximum atomic E-state index is 12.9. The number of nitrogens with zero attached hydrogens (tertiary/aromatic N) is 3. The summed E-state index contributed by atoms with van der Waals surface area (Å²) in [6, 6.07) is 0.760. The van der Waals surface area contributed by atoms with Gasteiger partial charge in [0.25, 0.3) is 0 Å². The number of hydrogen-bond donors (Lipinski definition) is 2. The van der Waals surface area contributed by atoms with Gasteiger partial charge in [-0.05, 0) is 18.9 Å². The number of rotatable bonds is 7. The molecule has 2 aromatic rings. The standard InChI is InChI=1S/C14H14ClF3N4O3/c15-9-5-8(14(16,17)18)7-22-10(20-21-13(9)22)6-19-11(23)3-1-2-4-12(24)25/h5,7H,1-4,6H2,(H,19,23)(H,24,25). The summed E-state index contributed by atoms with van der Waals surface area (Å²) >= 11 is 5.80. The molecule has 0 atom stereocenters. The molecular weight excluding hydrogens is 365 g/mol. The Bertz CT molecular complexity index is 791. The Morgan fingerprint density at radius 3 is 2.56 bits per heavy atom. The highest BCUT2D eigenvalue weighted by Crippen LogP contribution is 2.32. The summed E-state index contributed by atoms with van der Waals surface area (Å²) in [4.78, 5) is 22.1. The van der Waals surface area contributed by atoms with Crippen LogP contribution >= 0.6 is 11.6 Å². The highest BCUT2D eigenvalue weighted by atomic mass is 35.5. The third-order valence-electron chi connectivity index (χ3n) is 3.35. The average Bonchev–Trinajstić information content (AvgIpc) is 2.92. The topological polar surface area (TPSA) is 96.6 Å². The van der Waals surface area contributed by atoms with Crippen molar-refractivity contribution in [1.82, 2.24) is 19.9 Å². The summed E-state index contributed by atoms with van der Waals surface area (Å²) < 4.78 is 39.6. The number of pyridine rings is 1. The van der Waals surface area contributed by atoms with Gasteiger partial charge in [0, 0.05) is 19.0 Å². The van der Waals surface area contributed by atoms with E-state index in [1.165, 1.54) is 0 Å². The third kappa shape index (κ3) is 5.05. The van der Waals surface area contributed by atoms with Crippen molar-refractivity contribution in [1.29, 1.82) is 0 Å². The van der Waals surface area contributed by atoms with Crippen LogP contribution in [0.2, 0.25) is 5.02 Å². The van der Waals surface area contributed by atoms with Gasteiger partial charge in [0.1, 0.15) is 0 Å². The number of carboxylic acids is 1. The summed E-state index contributed by atoms with van der Waals surface area (Å²) in [7, 11) is 0. The Labute approximate surface area is 144 Å². The number of alkyl halides is 3. The average molecular weight is 379 g/mol. The number of carboxylic acid groups (broad SMARTS) is 1. The van der Waals surface area contributed by atoms with Gasteiger partial charge in [0.2, 0.25) is 5.91 Å². The van der Waals surface area contributed by atoms with E-state index in [4.69, 9.17) is 16.7 Å². The van der Waals surface area contributed by atoms with Crippen LogP contribution in [0.15, 0.2) is 12.3 Å². The van der Waals surface area contributed by atoms with Crippen LogP contribution < -0.4 is 5.32 Å². The third-order valence-corrected chi connectivity index (χ3v) is 3.62. The Hall–Kier alpha value is -2.36. The zero-order chi connectivity index (χ0) is 18.6. The second-order valence-electron chi connectivity index (χ2n) is 5.26. The molecule has 2 N–H and O–H groups in total. The zero-order valence-corrected chi connectivity index (χ0v) is 13.6. The van der Waals surface area contributed by atoms with Gasteiger partial charge in [-0.25, -0.2) is 0 Å². The van der Waals surface area contributed by atoms with Crippen LogP contribution in [-0.4, -0.2) is 31.6 Å². The predicted octanol–water partition coefficient (Wildman–Crippen LogP) is 2.66.